The van der Waals surface area contributed by atoms with Gasteiger partial charge in [-0.2, -0.15) is 19.7 Å². The molecule has 0 aromatic carbocycles. The lowest BCUT2D eigenvalue weighted by molar-refractivity contribution is -0.0294. The highest BCUT2D eigenvalue weighted by Crippen LogP contribution is 2.32. The molecule has 4 heterocycles. The van der Waals surface area contributed by atoms with Crippen molar-refractivity contribution in [2.24, 2.45) is 0 Å². The summed E-state index contributed by atoms with van der Waals surface area (Å²) in [5.41, 5.74) is -1.54. The smallest absolute Gasteiger partial charge is 0.443 e. The van der Waals surface area contributed by atoms with E-state index in [2.05, 4.69) is 45.3 Å². The molecule has 0 aliphatic carbocycles. The summed E-state index contributed by atoms with van der Waals surface area (Å²) < 4.78 is 25.6. The Morgan fingerprint density at radius 3 is 1.66 bits per heavy atom. The van der Waals surface area contributed by atoms with E-state index in [9.17, 15) is 19.2 Å². The normalized spacial score (nSPS) is 11.5. The average Bonchev–Trinajstić information content (AvgIpc) is 3.62. The summed E-state index contributed by atoms with van der Waals surface area (Å²) in [6.45, 7) is 23.9. The second-order valence-electron chi connectivity index (χ2n) is 16.1. The van der Waals surface area contributed by atoms with Crippen LogP contribution in [0.25, 0.3) is 0 Å². The molecule has 1 amide bonds. The third-order valence-electron chi connectivity index (χ3n) is 5.77. The fourth-order valence-electron chi connectivity index (χ4n) is 3.79. The van der Waals surface area contributed by atoms with Crippen molar-refractivity contribution in [1.82, 2.24) is 39.9 Å². The van der Waals surface area contributed by atoms with Crippen LogP contribution in [0.4, 0.5) is 42.4 Å². The number of nitrogens with zero attached hydrogens (tertiary/aromatic N) is 8. The van der Waals surface area contributed by atoms with Gasteiger partial charge in [0, 0.05) is 17.8 Å². The number of anilines is 4. The van der Waals surface area contributed by atoms with Crippen LogP contribution in [0, 0.1) is 13.8 Å². The number of rotatable bonds is 4. The van der Waals surface area contributed by atoms with Crippen LogP contribution in [0.1, 0.15) is 94.5 Å². The first-order valence-electron chi connectivity index (χ1n) is 17.4. The topological polar surface area (TPSA) is 228 Å². The molecule has 0 unspecified atom stereocenters. The van der Waals surface area contributed by atoms with Gasteiger partial charge >= 0.3 is 24.5 Å². The summed E-state index contributed by atoms with van der Waals surface area (Å²) in [7, 11) is 0. The van der Waals surface area contributed by atoms with Crippen LogP contribution in [0.3, 0.4) is 0 Å². The van der Waals surface area contributed by atoms with Gasteiger partial charge in [0.05, 0.1) is 18.1 Å². The van der Waals surface area contributed by atoms with Crippen LogP contribution in [-0.2, 0) is 23.7 Å². The van der Waals surface area contributed by atoms with Crippen molar-refractivity contribution in [3.05, 3.63) is 56.5 Å². The second-order valence-corrected chi connectivity index (χ2v) is 17.6. The molecule has 0 fully saturated rings. The van der Waals surface area contributed by atoms with Gasteiger partial charge in [-0.15, -0.1) is 5.10 Å². The number of amides is 1. The maximum atomic E-state index is 12.9. The summed E-state index contributed by atoms with van der Waals surface area (Å²) in [6.07, 6.45) is -0.936. The maximum absolute atomic E-state index is 12.9. The molecule has 19 nitrogen and oxygen atoms in total. The van der Waals surface area contributed by atoms with Gasteiger partial charge in [0.1, 0.15) is 32.4 Å². The predicted octanol–water partition coefficient (Wildman–Crippen LogP) is 10.6. The molecule has 0 radical (unpaired) electrons. The van der Waals surface area contributed by atoms with Crippen molar-refractivity contribution >= 4 is 94.2 Å². The third-order valence-corrected chi connectivity index (χ3v) is 6.67. The van der Waals surface area contributed by atoms with E-state index in [4.69, 9.17) is 65.4 Å². The Hall–Kier alpha value is -4.98. The molecule has 0 spiro atoms. The van der Waals surface area contributed by atoms with E-state index >= 15 is 0 Å². The monoisotopic (exact) mass is 904 g/mol. The van der Waals surface area contributed by atoms with Crippen molar-refractivity contribution in [2.75, 3.05) is 10.2 Å². The Labute approximate surface area is 361 Å². The van der Waals surface area contributed by atoms with Crippen molar-refractivity contribution in [3.63, 3.8) is 0 Å². The molecule has 4 rings (SSSR count). The fourth-order valence-corrected chi connectivity index (χ4v) is 4.37. The molecule has 0 atom stereocenters. The number of aromatic nitrogens is 8. The summed E-state index contributed by atoms with van der Waals surface area (Å²) in [4.78, 5) is 63.9. The van der Waals surface area contributed by atoms with Gasteiger partial charge in [-0.25, -0.2) is 34.0 Å². The summed E-state index contributed by atoms with van der Waals surface area (Å²) in [5, 5.41) is 14.3. The van der Waals surface area contributed by atoms with Crippen LogP contribution in [0.15, 0.2) is 24.5 Å². The lowest BCUT2D eigenvalue weighted by Gasteiger charge is -2.25. The van der Waals surface area contributed by atoms with Crippen molar-refractivity contribution < 1.29 is 42.9 Å². The van der Waals surface area contributed by atoms with E-state index < -0.39 is 46.9 Å². The number of aryl methyl sites for hydroxylation is 2. The van der Waals surface area contributed by atoms with E-state index in [0.717, 1.165) is 15.3 Å². The van der Waals surface area contributed by atoms with E-state index in [1.165, 1.54) is 18.5 Å². The molecule has 0 saturated heterocycles. The number of carbonyl (C=O) groups is 4. The molecule has 59 heavy (non-hydrogen) atoms. The van der Waals surface area contributed by atoms with Crippen LogP contribution < -0.4 is 10.2 Å². The molecular formula is C36H48Cl4N10O9. The van der Waals surface area contributed by atoms with Gasteiger partial charge in [-0.3, -0.25) is 5.10 Å². The number of ether oxygens (including phenoxy) is 5. The largest absolute Gasteiger partial charge is 0.519 e. The van der Waals surface area contributed by atoms with E-state index in [1.807, 2.05) is 13.0 Å². The van der Waals surface area contributed by atoms with Gasteiger partial charge in [0.25, 0.3) is 0 Å². The lowest BCUT2D eigenvalue weighted by atomic mass is 10.2. The molecule has 0 aliphatic heterocycles. The number of H-pyrrole nitrogens is 1. The minimum atomic E-state index is -1.06. The SMILES string of the molecule is CC(C)(C)OC(=O)OC(=O)OC(C)(C)C.Cc1cc(N(C(=O)OC(C)(C)C)c2nc(Cl)ncc2Cl)nn1C(=O)OC(C)(C)C.Cc1cc(Nc2nc(Cl)ncc2Cl)n[nH]1. The van der Waals surface area contributed by atoms with E-state index in [-0.39, 0.29) is 27.2 Å². The molecule has 4 aromatic heterocycles. The lowest BCUT2D eigenvalue weighted by Crippen LogP contribution is -2.35. The predicted molar refractivity (Wildman–Crippen MR) is 221 cm³/mol. The Morgan fingerprint density at radius 2 is 1.19 bits per heavy atom. The highest BCUT2D eigenvalue weighted by atomic mass is 35.5. The quantitative estimate of drug-likeness (QED) is 0.0840. The maximum Gasteiger partial charge on any atom is 0.519 e. The minimum Gasteiger partial charge on any atom is -0.443 e. The van der Waals surface area contributed by atoms with Crippen LogP contribution >= 0.6 is 46.4 Å². The number of hydrogen-bond acceptors (Lipinski definition) is 16. The van der Waals surface area contributed by atoms with Crippen molar-refractivity contribution in [3.8, 4) is 0 Å². The Balaban J connectivity index is 0.000000336. The summed E-state index contributed by atoms with van der Waals surface area (Å²) >= 11 is 23.6. The summed E-state index contributed by atoms with van der Waals surface area (Å²) in [6, 6.07) is 3.33. The highest BCUT2D eigenvalue weighted by Gasteiger charge is 2.32. The zero-order chi connectivity index (χ0) is 45.3. The number of carbonyl (C=O) groups excluding carboxylic acids is 4. The molecule has 23 heteroatoms. The first-order chi connectivity index (χ1) is 26.8. The third kappa shape index (κ3) is 18.7. The standard InChI is InChI=1S/C18H23Cl2N5O4.C10H18O5.C8H7Cl2N5/c1-10-8-12(23-25(10)16(27)29-18(5,6)7)24(15(26)28-17(2,3)4)13-11(19)9-21-14(20)22-13;1-9(2,3)14-7(11)13-8(12)15-10(4,5)6;1-4-2-6(15-14-4)12-7-5(9)3-11-8(10)13-7/h8-9H,1-7H3;1-6H3;2-3H,1H3,(H2,11,12,13,14,15). The van der Waals surface area contributed by atoms with Crippen molar-refractivity contribution in [2.45, 2.75) is 119 Å². The molecule has 324 valence electrons. The summed E-state index contributed by atoms with van der Waals surface area (Å²) in [5.74, 6) is 1.08. The number of nitrogens with one attached hydrogen (secondary N) is 2. The molecule has 0 aliphatic rings. The van der Waals surface area contributed by atoms with E-state index in [0.29, 0.717) is 22.4 Å². The zero-order valence-electron chi connectivity index (χ0n) is 35.1. The molecular weight excluding hydrogens is 858 g/mol. The zero-order valence-corrected chi connectivity index (χ0v) is 38.1. The Morgan fingerprint density at radius 1 is 0.695 bits per heavy atom. The highest BCUT2D eigenvalue weighted by molar-refractivity contribution is 6.34. The minimum absolute atomic E-state index is 0.0326. The first kappa shape index (κ1) is 50.2. The van der Waals surface area contributed by atoms with Crippen LogP contribution in [0.5, 0.6) is 0 Å². The van der Waals surface area contributed by atoms with Gasteiger partial charge in [0.2, 0.25) is 10.6 Å². The number of hydrogen-bond donors (Lipinski definition) is 2. The van der Waals surface area contributed by atoms with E-state index in [1.54, 1.807) is 90.0 Å². The molecule has 4 aromatic rings. The molecule has 0 bridgehead atoms. The Bertz CT molecular complexity index is 2080. The first-order valence-corrected chi connectivity index (χ1v) is 19.0. The molecule has 0 saturated carbocycles. The number of aromatic amines is 1. The van der Waals surface area contributed by atoms with Crippen LogP contribution in [-0.4, -0.2) is 86.8 Å². The average molecular weight is 907 g/mol. The van der Waals surface area contributed by atoms with Gasteiger partial charge in [-0.05, 0) is 120 Å². The van der Waals surface area contributed by atoms with Gasteiger partial charge in [-0.1, -0.05) is 23.2 Å². The number of halogens is 4. The van der Waals surface area contributed by atoms with Crippen molar-refractivity contribution in [1.29, 1.82) is 0 Å². The fraction of sp³-hybridized carbons (Fsp3) is 0.500. The van der Waals surface area contributed by atoms with Gasteiger partial charge in [0.15, 0.2) is 23.3 Å². The Kier molecular flexibility index (Phi) is 17.3. The molecule has 2 N–H and O–H groups in total. The second kappa shape index (κ2) is 20.3. The van der Waals surface area contributed by atoms with Gasteiger partial charge < -0.3 is 29.0 Å². The van der Waals surface area contributed by atoms with Crippen LogP contribution in [0.2, 0.25) is 20.6 Å².